The lowest BCUT2D eigenvalue weighted by atomic mass is 9.84. The zero-order valence-electron chi connectivity index (χ0n) is 10.3. The Morgan fingerprint density at radius 2 is 1.89 bits per heavy atom. The van der Waals surface area contributed by atoms with Crippen molar-refractivity contribution in [2.24, 2.45) is 5.41 Å². The zero-order valence-corrected chi connectivity index (χ0v) is 10.3. The van der Waals surface area contributed by atoms with Crippen molar-refractivity contribution in [3.05, 3.63) is 0 Å². The predicted octanol–water partition coefficient (Wildman–Crippen LogP) is 1.98. The van der Waals surface area contributed by atoms with Gasteiger partial charge in [-0.3, -0.25) is 4.79 Å². The molecule has 2 aliphatic rings. The van der Waals surface area contributed by atoms with Gasteiger partial charge in [-0.2, -0.15) is 13.2 Å². The van der Waals surface area contributed by atoms with Crippen LogP contribution in [0.1, 0.15) is 38.5 Å². The number of alkyl halides is 3. The summed E-state index contributed by atoms with van der Waals surface area (Å²) in [5.74, 6) is -0.841. The van der Waals surface area contributed by atoms with E-state index in [2.05, 4.69) is 10.6 Å². The van der Waals surface area contributed by atoms with Crippen LogP contribution in [-0.4, -0.2) is 31.2 Å². The number of halogens is 3. The molecule has 1 aliphatic carbocycles. The Bertz CT molecular complexity index is 305. The van der Waals surface area contributed by atoms with Crippen molar-refractivity contribution in [1.82, 2.24) is 10.6 Å². The fraction of sp³-hybridized carbons (Fsp3) is 0.917. The van der Waals surface area contributed by atoms with Gasteiger partial charge in [0.25, 0.3) is 0 Å². The lowest BCUT2D eigenvalue weighted by molar-refractivity contribution is -0.216. The second kappa shape index (κ2) is 5.07. The summed E-state index contributed by atoms with van der Waals surface area (Å²) in [7, 11) is 0. The van der Waals surface area contributed by atoms with Gasteiger partial charge >= 0.3 is 6.18 Å². The van der Waals surface area contributed by atoms with Crippen LogP contribution in [0, 0.1) is 5.41 Å². The molecule has 1 atom stereocenters. The Kier molecular flexibility index (Phi) is 3.84. The quantitative estimate of drug-likeness (QED) is 0.800. The average Bonchev–Trinajstić information content (AvgIpc) is 2.80. The molecule has 2 fully saturated rings. The van der Waals surface area contributed by atoms with E-state index >= 15 is 0 Å². The van der Waals surface area contributed by atoms with Gasteiger partial charge in [-0.05, 0) is 25.8 Å². The molecular formula is C12H19F3N2O. The summed E-state index contributed by atoms with van der Waals surface area (Å²) in [4.78, 5) is 12.0. The fourth-order valence-electron chi connectivity index (χ4n) is 2.83. The SMILES string of the molecule is O=C(NC1CCCCC1)C1(C(F)(F)F)CCNC1. The maximum absolute atomic E-state index is 13.1. The molecule has 18 heavy (non-hydrogen) atoms. The van der Waals surface area contributed by atoms with E-state index in [1.165, 1.54) is 0 Å². The Labute approximate surface area is 104 Å². The van der Waals surface area contributed by atoms with E-state index in [9.17, 15) is 18.0 Å². The van der Waals surface area contributed by atoms with E-state index in [4.69, 9.17) is 0 Å². The van der Waals surface area contributed by atoms with Crippen molar-refractivity contribution < 1.29 is 18.0 Å². The van der Waals surface area contributed by atoms with E-state index in [0.717, 1.165) is 32.1 Å². The molecule has 0 aromatic rings. The van der Waals surface area contributed by atoms with Crippen LogP contribution < -0.4 is 10.6 Å². The van der Waals surface area contributed by atoms with Gasteiger partial charge in [-0.1, -0.05) is 19.3 Å². The minimum atomic E-state index is -4.48. The number of carbonyl (C=O) groups is 1. The Balaban J connectivity index is 2.04. The van der Waals surface area contributed by atoms with Crippen molar-refractivity contribution in [1.29, 1.82) is 0 Å². The van der Waals surface area contributed by atoms with Gasteiger partial charge < -0.3 is 10.6 Å². The second-order valence-corrected chi connectivity index (χ2v) is 5.32. The molecule has 2 rings (SSSR count). The summed E-state index contributed by atoms with van der Waals surface area (Å²) >= 11 is 0. The van der Waals surface area contributed by atoms with E-state index in [0.29, 0.717) is 0 Å². The first-order valence-electron chi connectivity index (χ1n) is 6.54. The smallest absolute Gasteiger partial charge is 0.353 e. The number of hydrogen-bond acceptors (Lipinski definition) is 2. The van der Waals surface area contributed by atoms with Crippen LogP contribution in [0.15, 0.2) is 0 Å². The van der Waals surface area contributed by atoms with E-state index in [1.54, 1.807) is 0 Å². The summed E-state index contributed by atoms with van der Waals surface area (Å²) < 4.78 is 39.4. The third-order valence-electron chi connectivity index (χ3n) is 4.07. The lowest BCUT2D eigenvalue weighted by Gasteiger charge is -2.32. The molecule has 1 saturated heterocycles. The highest BCUT2D eigenvalue weighted by atomic mass is 19.4. The highest BCUT2D eigenvalue weighted by Gasteiger charge is 2.61. The standard InChI is InChI=1S/C12H19F3N2O/c13-12(14,15)11(6-7-16-8-11)10(18)17-9-4-2-1-3-5-9/h9,16H,1-8H2,(H,17,18). The predicted molar refractivity (Wildman–Crippen MR) is 61.0 cm³/mol. The first-order chi connectivity index (χ1) is 8.46. The van der Waals surface area contributed by atoms with Gasteiger partial charge in [0.1, 0.15) is 0 Å². The average molecular weight is 264 g/mol. The monoisotopic (exact) mass is 264 g/mol. The summed E-state index contributed by atoms with van der Waals surface area (Å²) in [6.07, 6.45) is 0.0489. The molecule has 1 amide bonds. The number of hydrogen-bond donors (Lipinski definition) is 2. The minimum absolute atomic E-state index is 0.0777. The molecule has 1 aliphatic heterocycles. The topological polar surface area (TPSA) is 41.1 Å². The Hall–Kier alpha value is -0.780. The van der Waals surface area contributed by atoms with E-state index < -0.39 is 17.5 Å². The van der Waals surface area contributed by atoms with Gasteiger partial charge in [0.2, 0.25) is 5.91 Å². The molecular weight excluding hydrogens is 245 g/mol. The van der Waals surface area contributed by atoms with Crippen LogP contribution in [0.3, 0.4) is 0 Å². The summed E-state index contributed by atoms with van der Waals surface area (Å²) in [5, 5.41) is 5.27. The Morgan fingerprint density at radius 3 is 2.39 bits per heavy atom. The summed E-state index contributed by atoms with van der Waals surface area (Å²) in [5.41, 5.74) is -2.22. The second-order valence-electron chi connectivity index (χ2n) is 5.32. The van der Waals surface area contributed by atoms with Crippen LogP contribution in [0.5, 0.6) is 0 Å². The van der Waals surface area contributed by atoms with Crippen molar-refractivity contribution in [3.8, 4) is 0 Å². The van der Waals surface area contributed by atoms with Crippen LogP contribution in [0.4, 0.5) is 13.2 Å². The number of rotatable bonds is 2. The maximum atomic E-state index is 13.1. The van der Waals surface area contributed by atoms with Gasteiger partial charge in [-0.15, -0.1) is 0 Å². The first-order valence-corrected chi connectivity index (χ1v) is 6.54. The van der Waals surface area contributed by atoms with Crippen molar-refractivity contribution in [2.45, 2.75) is 50.7 Å². The summed E-state index contributed by atoms with van der Waals surface area (Å²) in [6.45, 7) is -0.0490. The van der Waals surface area contributed by atoms with Crippen molar-refractivity contribution in [2.75, 3.05) is 13.1 Å². The molecule has 0 bridgehead atoms. The van der Waals surface area contributed by atoms with Crippen LogP contribution in [0.25, 0.3) is 0 Å². The third-order valence-corrected chi connectivity index (χ3v) is 4.07. The maximum Gasteiger partial charge on any atom is 0.404 e. The highest BCUT2D eigenvalue weighted by molar-refractivity contribution is 5.84. The molecule has 0 aromatic heterocycles. The van der Waals surface area contributed by atoms with Crippen LogP contribution in [-0.2, 0) is 4.79 Å². The van der Waals surface area contributed by atoms with E-state index in [1.807, 2.05) is 0 Å². The third kappa shape index (κ3) is 2.48. The molecule has 3 nitrogen and oxygen atoms in total. The highest BCUT2D eigenvalue weighted by Crippen LogP contribution is 2.43. The first kappa shape index (κ1) is 13.6. The molecule has 104 valence electrons. The zero-order chi connectivity index (χ0) is 13.2. The lowest BCUT2D eigenvalue weighted by Crippen LogP contribution is -2.54. The molecule has 1 heterocycles. The Morgan fingerprint density at radius 1 is 1.22 bits per heavy atom. The molecule has 0 radical (unpaired) electrons. The number of amides is 1. The minimum Gasteiger partial charge on any atom is -0.353 e. The van der Waals surface area contributed by atoms with E-state index in [-0.39, 0.29) is 25.6 Å². The van der Waals surface area contributed by atoms with Gasteiger partial charge in [0.15, 0.2) is 5.41 Å². The van der Waals surface area contributed by atoms with Gasteiger partial charge in [0, 0.05) is 12.6 Å². The molecule has 1 saturated carbocycles. The summed E-state index contributed by atoms with van der Waals surface area (Å²) in [6, 6.07) is -0.0777. The number of carbonyl (C=O) groups excluding carboxylic acids is 1. The van der Waals surface area contributed by atoms with Crippen LogP contribution in [0.2, 0.25) is 0 Å². The molecule has 0 aromatic carbocycles. The molecule has 1 unspecified atom stereocenters. The molecule has 2 N–H and O–H groups in total. The van der Waals surface area contributed by atoms with Gasteiger partial charge in [0.05, 0.1) is 0 Å². The largest absolute Gasteiger partial charge is 0.404 e. The van der Waals surface area contributed by atoms with Crippen LogP contribution >= 0.6 is 0 Å². The fourth-order valence-corrected chi connectivity index (χ4v) is 2.83. The number of nitrogens with one attached hydrogen (secondary N) is 2. The molecule has 0 spiro atoms. The molecule has 6 heteroatoms. The van der Waals surface area contributed by atoms with Gasteiger partial charge in [-0.25, -0.2) is 0 Å². The van der Waals surface area contributed by atoms with Crippen molar-refractivity contribution >= 4 is 5.91 Å². The normalized spacial score (nSPS) is 30.4. The van der Waals surface area contributed by atoms with Crippen molar-refractivity contribution in [3.63, 3.8) is 0 Å².